The van der Waals surface area contributed by atoms with Crippen LogP contribution in [0, 0.1) is 0 Å². The molecule has 0 saturated carbocycles. The third-order valence-corrected chi connectivity index (χ3v) is 2.81. The summed E-state index contributed by atoms with van der Waals surface area (Å²) in [6.07, 6.45) is 0. The van der Waals surface area contributed by atoms with Crippen molar-refractivity contribution in [2.24, 2.45) is 5.73 Å². The molecule has 0 heterocycles. The second-order valence-corrected chi connectivity index (χ2v) is 4.29. The van der Waals surface area contributed by atoms with E-state index in [1.165, 1.54) is 24.3 Å². The topological polar surface area (TPSA) is 64.4 Å². The predicted molar refractivity (Wildman–Crippen MR) is 75.1 cm³/mol. The molecule has 0 radical (unpaired) electrons. The summed E-state index contributed by atoms with van der Waals surface area (Å²) in [6, 6.07) is 14.1. The van der Waals surface area contributed by atoms with Crippen LogP contribution in [0.1, 0.15) is 11.6 Å². The van der Waals surface area contributed by atoms with Gasteiger partial charge < -0.3 is 15.8 Å². The molecule has 1 atom stereocenters. The third-order valence-electron chi connectivity index (χ3n) is 2.81. The molecule has 110 valence electrons. The summed E-state index contributed by atoms with van der Waals surface area (Å²) in [5.74, 6) is -0.486. The highest BCUT2D eigenvalue weighted by Gasteiger charge is 2.17. The maximum absolute atomic E-state index is 12.1. The molecule has 0 aliphatic rings. The Bertz CT molecular complexity index is 588. The van der Waals surface area contributed by atoms with Crippen molar-refractivity contribution in [1.82, 2.24) is 0 Å². The van der Waals surface area contributed by atoms with Gasteiger partial charge in [0.1, 0.15) is 11.8 Å². The third kappa shape index (κ3) is 4.17. The number of hydrogen-bond donors (Lipinski definition) is 2. The molecule has 0 aliphatic carbocycles. The van der Waals surface area contributed by atoms with Gasteiger partial charge >= 0.3 is 6.61 Å². The number of amides is 1. The fourth-order valence-corrected chi connectivity index (χ4v) is 1.86. The van der Waals surface area contributed by atoms with E-state index in [4.69, 9.17) is 5.73 Å². The molecule has 0 fully saturated rings. The van der Waals surface area contributed by atoms with E-state index < -0.39 is 18.6 Å². The molecule has 2 rings (SSSR count). The second-order valence-electron chi connectivity index (χ2n) is 4.29. The number of primary amides is 1. The first kappa shape index (κ1) is 14.8. The molecule has 0 aromatic heterocycles. The quantitative estimate of drug-likeness (QED) is 0.860. The first-order valence-corrected chi connectivity index (χ1v) is 6.22. The number of rotatable bonds is 6. The number of halogens is 2. The highest BCUT2D eigenvalue weighted by Crippen LogP contribution is 2.22. The van der Waals surface area contributed by atoms with Gasteiger partial charge in [-0.05, 0) is 29.8 Å². The smallest absolute Gasteiger partial charge is 0.387 e. The van der Waals surface area contributed by atoms with Crippen molar-refractivity contribution in [2.45, 2.75) is 12.7 Å². The van der Waals surface area contributed by atoms with Crippen molar-refractivity contribution < 1.29 is 18.3 Å². The fourth-order valence-electron chi connectivity index (χ4n) is 1.86. The van der Waals surface area contributed by atoms with E-state index in [1.807, 2.05) is 6.07 Å². The van der Waals surface area contributed by atoms with Gasteiger partial charge in [-0.25, -0.2) is 0 Å². The van der Waals surface area contributed by atoms with Crippen molar-refractivity contribution in [2.75, 3.05) is 5.32 Å². The monoisotopic (exact) mass is 292 g/mol. The zero-order chi connectivity index (χ0) is 15.2. The van der Waals surface area contributed by atoms with Crippen LogP contribution in [0.5, 0.6) is 5.75 Å². The van der Waals surface area contributed by atoms with Crippen LogP contribution in [0.3, 0.4) is 0 Å². The van der Waals surface area contributed by atoms with Crippen molar-refractivity contribution >= 4 is 11.6 Å². The molecular weight excluding hydrogens is 278 g/mol. The van der Waals surface area contributed by atoms with Gasteiger partial charge in [0.25, 0.3) is 0 Å². The number of alkyl halides is 2. The van der Waals surface area contributed by atoms with Gasteiger partial charge in [-0.15, -0.1) is 0 Å². The summed E-state index contributed by atoms with van der Waals surface area (Å²) in [5.41, 5.74) is 6.68. The SMILES string of the molecule is NC(=O)[C@H](Nc1ccc(OC(F)F)cc1)c1ccccc1. The minimum Gasteiger partial charge on any atom is -0.435 e. The molecule has 3 N–H and O–H groups in total. The largest absolute Gasteiger partial charge is 0.435 e. The van der Waals surface area contributed by atoms with Crippen LogP contribution in [-0.4, -0.2) is 12.5 Å². The average Bonchev–Trinajstić information content (AvgIpc) is 2.46. The average molecular weight is 292 g/mol. The van der Waals surface area contributed by atoms with Gasteiger partial charge in [0.05, 0.1) is 0 Å². The van der Waals surface area contributed by atoms with Gasteiger partial charge in [0.2, 0.25) is 5.91 Å². The predicted octanol–water partition coefficient (Wildman–Crippen LogP) is 2.93. The normalized spacial score (nSPS) is 12.0. The maximum atomic E-state index is 12.1. The highest BCUT2D eigenvalue weighted by atomic mass is 19.3. The van der Waals surface area contributed by atoms with E-state index in [-0.39, 0.29) is 5.75 Å². The summed E-state index contributed by atoms with van der Waals surface area (Å²) in [4.78, 5) is 11.6. The summed E-state index contributed by atoms with van der Waals surface area (Å²) in [6.45, 7) is -2.87. The van der Waals surface area contributed by atoms with Crippen LogP contribution >= 0.6 is 0 Å². The lowest BCUT2D eigenvalue weighted by molar-refractivity contribution is -0.118. The lowest BCUT2D eigenvalue weighted by atomic mass is 10.1. The molecule has 4 nitrogen and oxygen atoms in total. The first-order valence-electron chi connectivity index (χ1n) is 6.22. The van der Waals surface area contributed by atoms with Crippen molar-refractivity contribution in [3.05, 3.63) is 60.2 Å². The minimum atomic E-state index is -2.87. The van der Waals surface area contributed by atoms with Crippen molar-refractivity contribution in [3.8, 4) is 5.75 Å². The van der Waals surface area contributed by atoms with Crippen LogP contribution in [0.2, 0.25) is 0 Å². The number of carbonyl (C=O) groups is 1. The first-order chi connectivity index (χ1) is 10.1. The van der Waals surface area contributed by atoms with E-state index in [9.17, 15) is 13.6 Å². The number of nitrogens with one attached hydrogen (secondary N) is 1. The summed E-state index contributed by atoms with van der Waals surface area (Å²) in [5, 5.41) is 2.96. The zero-order valence-electron chi connectivity index (χ0n) is 11.0. The molecular formula is C15H14F2N2O2. The van der Waals surface area contributed by atoms with E-state index in [0.717, 1.165) is 5.56 Å². The summed E-state index contributed by atoms with van der Waals surface area (Å²) < 4.78 is 28.4. The van der Waals surface area contributed by atoms with Crippen LogP contribution in [0.15, 0.2) is 54.6 Å². The van der Waals surface area contributed by atoms with Gasteiger partial charge in [-0.1, -0.05) is 30.3 Å². The van der Waals surface area contributed by atoms with Gasteiger partial charge in [-0.3, -0.25) is 4.79 Å². The highest BCUT2D eigenvalue weighted by molar-refractivity contribution is 5.84. The molecule has 0 saturated heterocycles. The number of ether oxygens (including phenoxy) is 1. The Morgan fingerprint density at radius 3 is 2.19 bits per heavy atom. The van der Waals surface area contributed by atoms with E-state index in [1.54, 1.807) is 24.3 Å². The lowest BCUT2D eigenvalue weighted by Crippen LogP contribution is -2.27. The van der Waals surface area contributed by atoms with Crippen LogP contribution < -0.4 is 15.8 Å². The van der Waals surface area contributed by atoms with E-state index in [2.05, 4.69) is 10.1 Å². The van der Waals surface area contributed by atoms with Crippen LogP contribution in [0.4, 0.5) is 14.5 Å². The molecule has 0 aliphatic heterocycles. The lowest BCUT2D eigenvalue weighted by Gasteiger charge is -2.17. The molecule has 0 unspecified atom stereocenters. The van der Waals surface area contributed by atoms with Crippen LogP contribution in [-0.2, 0) is 4.79 Å². The standard InChI is InChI=1S/C15H14F2N2O2/c16-15(17)21-12-8-6-11(7-9-12)19-13(14(18)20)10-4-2-1-3-5-10/h1-9,13,15,19H,(H2,18,20)/t13-/m1/s1. The molecule has 2 aromatic carbocycles. The van der Waals surface area contributed by atoms with Crippen LogP contribution in [0.25, 0.3) is 0 Å². The van der Waals surface area contributed by atoms with E-state index >= 15 is 0 Å². The van der Waals surface area contributed by atoms with Crippen molar-refractivity contribution in [1.29, 1.82) is 0 Å². The Kier molecular flexibility index (Phi) is 4.71. The fraction of sp³-hybridized carbons (Fsp3) is 0.133. The molecule has 0 bridgehead atoms. The molecule has 6 heteroatoms. The molecule has 0 spiro atoms. The zero-order valence-corrected chi connectivity index (χ0v) is 11.0. The van der Waals surface area contributed by atoms with E-state index in [0.29, 0.717) is 5.69 Å². The van der Waals surface area contributed by atoms with Gasteiger partial charge in [-0.2, -0.15) is 8.78 Å². The van der Waals surface area contributed by atoms with Crippen molar-refractivity contribution in [3.63, 3.8) is 0 Å². The number of carbonyl (C=O) groups excluding carboxylic acids is 1. The Hall–Kier alpha value is -2.63. The number of nitrogens with two attached hydrogens (primary N) is 1. The minimum absolute atomic E-state index is 0.0471. The summed E-state index contributed by atoms with van der Waals surface area (Å²) in [7, 11) is 0. The Morgan fingerprint density at radius 1 is 1.05 bits per heavy atom. The molecule has 21 heavy (non-hydrogen) atoms. The Morgan fingerprint density at radius 2 is 1.67 bits per heavy atom. The second kappa shape index (κ2) is 6.69. The van der Waals surface area contributed by atoms with Gasteiger partial charge in [0.15, 0.2) is 0 Å². The molecule has 2 aromatic rings. The number of anilines is 1. The number of benzene rings is 2. The maximum Gasteiger partial charge on any atom is 0.387 e. The Labute approximate surface area is 120 Å². The van der Waals surface area contributed by atoms with Gasteiger partial charge in [0, 0.05) is 5.69 Å². The summed E-state index contributed by atoms with van der Waals surface area (Å²) >= 11 is 0. The number of hydrogen-bond acceptors (Lipinski definition) is 3. The molecule has 1 amide bonds. The Balaban J connectivity index is 2.13.